The van der Waals surface area contributed by atoms with Gasteiger partial charge in [-0.3, -0.25) is 4.68 Å². The van der Waals surface area contributed by atoms with Gasteiger partial charge in [0.25, 0.3) is 0 Å². The zero-order valence-electron chi connectivity index (χ0n) is 9.44. The Morgan fingerprint density at radius 2 is 2.33 bits per heavy atom. The van der Waals surface area contributed by atoms with Crippen LogP contribution in [0.5, 0.6) is 5.75 Å². The van der Waals surface area contributed by atoms with Gasteiger partial charge in [0.1, 0.15) is 6.10 Å². The topological polar surface area (TPSA) is 39.1 Å². The summed E-state index contributed by atoms with van der Waals surface area (Å²) < 4.78 is 7.67. The Kier molecular flexibility index (Phi) is 3.26. The number of ether oxygens (including phenoxy) is 1. The second-order valence-corrected chi connectivity index (χ2v) is 4.00. The maximum absolute atomic E-state index is 5.79. The molecule has 0 amide bonds. The van der Waals surface area contributed by atoms with Gasteiger partial charge < -0.3 is 10.1 Å². The van der Waals surface area contributed by atoms with Crippen molar-refractivity contribution < 1.29 is 4.74 Å². The fourth-order valence-electron chi connectivity index (χ4n) is 1.89. The molecule has 1 aliphatic rings. The molecule has 84 valence electrons. The number of nitrogens with zero attached hydrogens (tertiary/aromatic N) is 2. The molecule has 0 saturated heterocycles. The van der Waals surface area contributed by atoms with Crippen LogP contribution >= 0.6 is 0 Å². The molecule has 2 rings (SSSR count). The molecular formula is C11H19N3O. The van der Waals surface area contributed by atoms with Crippen molar-refractivity contribution in [2.75, 3.05) is 6.54 Å². The van der Waals surface area contributed by atoms with Crippen molar-refractivity contribution in [1.29, 1.82) is 0 Å². The van der Waals surface area contributed by atoms with Gasteiger partial charge in [0.15, 0.2) is 5.75 Å². The summed E-state index contributed by atoms with van der Waals surface area (Å²) in [5.41, 5.74) is 0. The van der Waals surface area contributed by atoms with Crippen LogP contribution in [-0.4, -0.2) is 28.5 Å². The van der Waals surface area contributed by atoms with Crippen LogP contribution in [0.1, 0.15) is 26.7 Å². The summed E-state index contributed by atoms with van der Waals surface area (Å²) in [5, 5.41) is 7.59. The lowest BCUT2D eigenvalue weighted by Gasteiger charge is -2.35. The second-order valence-electron chi connectivity index (χ2n) is 4.00. The number of aromatic nitrogens is 2. The summed E-state index contributed by atoms with van der Waals surface area (Å²) in [6, 6.07) is 0.654. The highest BCUT2D eigenvalue weighted by Crippen LogP contribution is 2.25. The first-order valence-corrected chi connectivity index (χ1v) is 5.74. The van der Waals surface area contributed by atoms with Crippen LogP contribution in [-0.2, 0) is 6.54 Å². The Balaban J connectivity index is 1.75. The van der Waals surface area contributed by atoms with E-state index in [1.165, 1.54) is 0 Å². The normalized spacial score (nSPS) is 24.9. The predicted molar refractivity (Wildman–Crippen MR) is 59.0 cm³/mol. The van der Waals surface area contributed by atoms with Crippen LogP contribution in [0.2, 0.25) is 0 Å². The van der Waals surface area contributed by atoms with Crippen LogP contribution in [0.3, 0.4) is 0 Å². The highest BCUT2D eigenvalue weighted by atomic mass is 16.5. The predicted octanol–water partition coefficient (Wildman–Crippen LogP) is 1.42. The van der Waals surface area contributed by atoms with E-state index in [9.17, 15) is 0 Å². The molecule has 0 aliphatic heterocycles. The molecule has 1 fully saturated rings. The van der Waals surface area contributed by atoms with Crippen molar-refractivity contribution in [3.05, 3.63) is 12.4 Å². The van der Waals surface area contributed by atoms with Gasteiger partial charge in [-0.15, -0.1) is 0 Å². The Hall–Kier alpha value is -1.03. The van der Waals surface area contributed by atoms with E-state index in [4.69, 9.17) is 4.74 Å². The number of hydrogen-bond donors (Lipinski definition) is 1. The largest absolute Gasteiger partial charge is 0.487 e. The van der Waals surface area contributed by atoms with Gasteiger partial charge in [0.05, 0.1) is 12.4 Å². The lowest BCUT2D eigenvalue weighted by Crippen LogP contribution is -2.46. The van der Waals surface area contributed by atoms with E-state index in [2.05, 4.69) is 24.3 Å². The molecule has 0 spiro atoms. The van der Waals surface area contributed by atoms with E-state index in [1.807, 2.05) is 10.9 Å². The lowest BCUT2D eigenvalue weighted by atomic mass is 9.89. The molecule has 1 aliphatic carbocycles. The fraction of sp³-hybridized carbons (Fsp3) is 0.727. The highest BCUT2D eigenvalue weighted by molar-refractivity contribution is 5.13. The van der Waals surface area contributed by atoms with E-state index in [1.54, 1.807) is 6.20 Å². The van der Waals surface area contributed by atoms with E-state index < -0.39 is 0 Å². The zero-order chi connectivity index (χ0) is 10.7. The average Bonchev–Trinajstić information content (AvgIpc) is 2.62. The minimum absolute atomic E-state index is 0.378. The third-order valence-corrected chi connectivity index (χ3v) is 2.82. The summed E-state index contributed by atoms with van der Waals surface area (Å²) in [5.74, 6) is 0.900. The Bertz CT molecular complexity index is 305. The Morgan fingerprint density at radius 3 is 2.93 bits per heavy atom. The highest BCUT2D eigenvalue weighted by Gasteiger charge is 2.30. The van der Waals surface area contributed by atoms with Gasteiger partial charge in [-0.2, -0.15) is 5.10 Å². The maximum Gasteiger partial charge on any atom is 0.157 e. The van der Waals surface area contributed by atoms with E-state index in [-0.39, 0.29) is 0 Å². The maximum atomic E-state index is 5.79. The molecule has 4 heteroatoms. The summed E-state index contributed by atoms with van der Waals surface area (Å²) in [4.78, 5) is 0. The fourth-order valence-corrected chi connectivity index (χ4v) is 1.89. The van der Waals surface area contributed by atoms with Crippen LogP contribution in [0, 0.1) is 0 Å². The Morgan fingerprint density at radius 1 is 1.53 bits per heavy atom. The number of nitrogens with one attached hydrogen (secondary N) is 1. The molecule has 0 aromatic carbocycles. The first-order chi connectivity index (χ1) is 7.31. The van der Waals surface area contributed by atoms with Gasteiger partial charge in [0.2, 0.25) is 0 Å². The molecule has 1 saturated carbocycles. The molecule has 0 radical (unpaired) electrons. The molecule has 0 bridgehead atoms. The van der Waals surface area contributed by atoms with Crippen LogP contribution in [0.4, 0.5) is 0 Å². The van der Waals surface area contributed by atoms with E-state index in [0.29, 0.717) is 12.1 Å². The Labute approximate surface area is 90.6 Å². The summed E-state index contributed by atoms with van der Waals surface area (Å²) in [6.45, 7) is 6.15. The van der Waals surface area contributed by atoms with Gasteiger partial charge in [-0.1, -0.05) is 6.92 Å². The number of aryl methyl sites for hydroxylation is 1. The molecular weight excluding hydrogens is 190 g/mol. The van der Waals surface area contributed by atoms with Gasteiger partial charge in [-0.25, -0.2) is 0 Å². The van der Waals surface area contributed by atoms with Gasteiger partial charge in [-0.05, 0) is 26.3 Å². The minimum atomic E-state index is 0.378. The van der Waals surface area contributed by atoms with Crippen molar-refractivity contribution >= 4 is 0 Å². The molecule has 0 atom stereocenters. The van der Waals surface area contributed by atoms with E-state index in [0.717, 1.165) is 31.7 Å². The third kappa shape index (κ3) is 2.50. The number of rotatable bonds is 5. The molecule has 0 unspecified atom stereocenters. The van der Waals surface area contributed by atoms with Crippen LogP contribution in [0.25, 0.3) is 0 Å². The summed E-state index contributed by atoms with van der Waals surface area (Å²) in [7, 11) is 0. The smallest absolute Gasteiger partial charge is 0.157 e. The summed E-state index contributed by atoms with van der Waals surface area (Å²) >= 11 is 0. The average molecular weight is 209 g/mol. The van der Waals surface area contributed by atoms with Crippen LogP contribution in [0.15, 0.2) is 12.4 Å². The van der Waals surface area contributed by atoms with Crippen LogP contribution < -0.4 is 10.1 Å². The van der Waals surface area contributed by atoms with Gasteiger partial charge in [0, 0.05) is 12.6 Å². The first-order valence-electron chi connectivity index (χ1n) is 5.74. The number of hydrogen-bond acceptors (Lipinski definition) is 3. The lowest BCUT2D eigenvalue weighted by molar-refractivity contribution is 0.0858. The quantitative estimate of drug-likeness (QED) is 0.797. The first kappa shape index (κ1) is 10.5. The zero-order valence-corrected chi connectivity index (χ0v) is 9.44. The molecule has 1 aromatic rings. The molecule has 1 aromatic heterocycles. The monoisotopic (exact) mass is 209 g/mol. The van der Waals surface area contributed by atoms with E-state index >= 15 is 0 Å². The van der Waals surface area contributed by atoms with Crippen molar-refractivity contribution in [1.82, 2.24) is 15.1 Å². The summed E-state index contributed by atoms with van der Waals surface area (Å²) in [6.07, 6.45) is 6.37. The van der Waals surface area contributed by atoms with Gasteiger partial charge >= 0.3 is 0 Å². The molecule has 15 heavy (non-hydrogen) atoms. The van der Waals surface area contributed by atoms with Crippen molar-refractivity contribution in [3.63, 3.8) is 0 Å². The van der Waals surface area contributed by atoms with Crippen molar-refractivity contribution in [2.24, 2.45) is 0 Å². The second kappa shape index (κ2) is 4.66. The van der Waals surface area contributed by atoms with Crippen molar-refractivity contribution in [3.8, 4) is 5.75 Å². The molecule has 1 N–H and O–H groups in total. The molecule has 4 nitrogen and oxygen atoms in total. The minimum Gasteiger partial charge on any atom is -0.487 e. The standard InChI is InChI=1S/C11H19N3O/c1-3-12-9-5-10(6-9)15-11-7-13-14(4-2)8-11/h7-10,12H,3-6H2,1-2H3. The SMILES string of the molecule is CCNC1CC(Oc2cnn(CC)c2)C1. The molecule has 1 heterocycles. The third-order valence-electron chi connectivity index (χ3n) is 2.82. The van der Waals surface area contributed by atoms with Crippen molar-refractivity contribution in [2.45, 2.75) is 45.4 Å².